The number of aliphatic imine (C=N–C) groups is 1. The van der Waals surface area contributed by atoms with Crippen LogP contribution in [0.25, 0.3) is 11.4 Å². The minimum absolute atomic E-state index is 0.125. The van der Waals surface area contributed by atoms with Crippen LogP contribution in [-0.4, -0.2) is 40.6 Å². The molecule has 3 aromatic rings. The van der Waals surface area contributed by atoms with Gasteiger partial charge in [0, 0.05) is 25.4 Å². The van der Waals surface area contributed by atoms with Gasteiger partial charge in [-0.1, -0.05) is 18.2 Å². The van der Waals surface area contributed by atoms with Gasteiger partial charge in [0.05, 0.1) is 24.9 Å². The fourth-order valence-electron chi connectivity index (χ4n) is 3.46. The zero-order chi connectivity index (χ0) is 20.4. The molecule has 6 nitrogen and oxygen atoms in total. The van der Waals surface area contributed by atoms with Gasteiger partial charge in [-0.25, -0.2) is 4.98 Å². The molecule has 0 atom stereocenters. The highest BCUT2D eigenvalue weighted by atomic mass is 19.1. The number of benzene rings is 2. The van der Waals surface area contributed by atoms with Crippen molar-refractivity contribution in [3.8, 4) is 17.1 Å². The van der Waals surface area contributed by atoms with E-state index in [4.69, 9.17) is 4.74 Å². The van der Waals surface area contributed by atoms with Gasteiger partial charge < -0.3 is 14.6 Å². The van der Waals surface area contributed by atoms with Gasteiger partial charge in [-0.2, -0.15) is 4.39 Å². The first-order chi connectivity index (χ1) is 14.1. The lowest BCUT2D eigenvalue weighted by atomic mass is 10.0. The molecule has 1 aliphatic rings. The summed E-state index contributed by atoms with van der Waals surface area (Å²) in [5, 5.41) is 0. The minimum Gasteiger partial charge on any atom is -0.493 e. The second kappa shape index (κ2) is 7.87. The first kappa shape index (κ1) is 18.9. The van der Waals surface area contributed by atoms with Crippen molar-refractivity contribution in [3.63, 3.8) is 0 Å². The molecule has 2 heterocycles. The van der Waals surface area contributed by atoms with E-state index in [0.29, 0.717) is 42.4 Å². The second-order valence-corrected chi connectivity index (χ2v) is 6.84. The molecule has 1 aliphatic heterocycles. The van der Waals surface area contributed by atoms with Gasteiger partial charge in [-0.15, -0.1) is 0 Å². The van der Waals surface area contributed by atoms with Crippen LogP contribution in [0.4, 0.5) is 4.39 Å². The quantitative estimate of drug-likeness (QED) is 0.693. The molecule has 1 amide bonds. The van der Waals surface area contributed by atoms with Crippen molar-refractivity contribution in [2.24, 2.45) is 4.99 Å². The SMILES string of the molecule is CCOc1cc(C(=O)N(C)Cc2cccc3c2CN=C3)ccc1-c1ncc(F)[nH]1. The van der Waals surface area contributed by atoms with Crippen LogP contribution in [0.2, 0.25) is 0 Å². The maximum absolute atomic E-state index is 13.3. The Morgan fingerprint density at radius 2 is 2.17 bits per heavy atom. The molecule has 0 spiro atoms. The average molecular weight is 392 g/mol. The van der Waals surface area contributed by atoms with Crippen LogP contribution >= 0.6 is 0 Å². The lowest BCUT2D eigenvalue weighted by Gasteiger charge is -2.20. The molecule has 0 bridgehead atoms. The van der Waals surface area contributed by atoms with Crippen LogP contribution in [0.1, 0.15) is 34.0 Å². The monoisotopic (exact) mass is 392 g/mol. The van der Waals surface area contributed by atoms with Gasteiger partial charge >= 0.3 is 0 Å². The number of carbonyl (C=O) groups is 1. The predicted molar refractivity (Wildman–Crippen MR) is 109 cm³/mol. The fourth-order valence-corrected chi connectivity index (χ4v) is 3.46. The lowest BCUT2D eigenvalue weighted by molar-refractivity contribution is 0.0784. The zero-order valence-electron chi connectivity index (χ0n) is 16.3. The number of carbonyl (C=O) groups excluding carboxylic acids is 1. The number of halogens is 1. The Morgan fingerprint density at radius 1 is 1.31 bits per heavy atom. The molecule has 0 unspecified atom stereocenters. The van der Waals surface area contributed by atoms with Crippen molar-refractivity contribution >= 4 is 12.1 Å². The highest BCUT2D eigenvalue weighted by Gasteiger charge is 2.19. The molecular weight excluding hydrogens is 371 g/mol. The number of amides is 1. The number of fused-ring (bicyclic) bond motifs is 1. The molecule has 0 radical (unpaired) electrons. The summed E-state index contributed by atoms with van der Waals surface area (Å²) in [4.78, 5) is 25.6. The summed E-state index contributed by atoms with van der Waals surface area (Å²) >= 11 is 0. The van der Waals surface area contributed by atoms with Crippen LogP contribution in [0.3, 0.4) is 0 Å². The molecule has 0 saturated heterocycles. The summed E-state index contributed by atoms with van der Waals surface area (Å²) in [6.07, 6.45) is 2.98. The van der Waals surface area contributed by atoms with Crippen LogP contribution in [-0.2, 0) is 13.1 Å². The molecule has 29 heavy (non-hydrogen) atoms. The van der Waals surface area contributed by atoms with Gasteiger partial charge in [0.2, 0.25) is 5.95 Å². The first-order valence-electron chi connectivity index (χ1n) is 9.40. The third-order valence-electron chi connectivity index (χ3n) is 4.87. The molecule has 0 fully saturated rings. The molecule has 2 aromatic carbocycles. The van der Waals surface area contributed by atoms with Gasteiger partial charge in [0.25, 0.3) is 5.91 Å². The van der Waals surface area contributed by atoms with Gasteiger partial charge in [0.1, 0.15) is 11.6 Å². The molecule has 4 rings (SSSR count). The number of aromatic nitrogens is 2. The fraction of sp³-hybridized carbons (Fsp3) is 0.227. The smallest absolute Gasteiger partial charge is 0.254 e. The standard InChI is InChI=1S/C22H21FN4O2/c1-3-29-19-9-14(7-8-17(19)21-25-12-20(23)26-21)22(28)27(2)13-16-6-4-5-15-10-24-11-18(15)16/h4-10,12H,3,11,13H2,1-2H3,(H,25,26). The Morgan fingerprint density at radius 3 is 2.93 bits per heavy atom. The number of hydrogen-bond acceptors (Lipinski definition) is 4. The van der Waals surface area contributed by atoms with Crippen molar-refractivity contribution in [3.05, 3.63) is 70.8 Å². The summed E-state index contributed by atoms with van der Waals surface area (Å²) in [5.41, 5.74) is 4.46. The number of ether oxygens (including phenoxy) is 1. The van der Waals surface area contributed by atoms with Crippen LogP contribution in [0.5, 0.6) is 5.75 Å². The third kappa shape index (κ3) is 3.76. The maximum atomic E-state index is 13.3. The molecule has 7 heteroatoms. The van der Waals surface area contributed by atoms with Gasteiger partial charge in [0.15, 0.2) is 0 Å². The number of aromatic amines is 1. The summed E-state index contributed by atoms with van der Waals surface area (Å²) in [5.74, 6) is 0.189. The van der Waals surface area contributed by atoms with E-state index in [1.807, 2.05) is 31.3 Å². The summed E-state index contributed by atoms with van der Waals surface area (Å²) < 4.78 is 19.0. The Bertz CT molecular complexity index is 1090. The zero-order valence-corrected chi connectivity index (χ0v) is 16.3. The summed E-state index contributed by atoms with van der Waals surface area (Å²) in [6.45, 7) is 3.40. The summed E-state index contributed by atoms with van der Waals surface area (Å²) in [6, 6.07) is 11.1. The number of hydrogen-bond donors (Lipinski definition) is 1. The highest BCUT2D eigenvalue weighted by molar-refractivity contribution is 5.95. The number of nitrogens with one attached hydrogen (secondary N) is 1. The van der Waals surface area contributed by atoms with E-state index < -0.39 is 5.95 Å². The van der Waals surface area contributed by atoms with E-state index >= 15 is 0 Å². The topological polar surface area (TPSA) is 70.6 Å². The second-order valence-electron chi connectivity index (χ2n) is 6.84. The van der Waals surface area contributed by atoms with Crippen molar-refractivity contribution in [1.82, 2.24) is 14.9 Å². The van der Waals surface area contributed by atoms with Crippen molar-refractivity contribution in [2.75, 3.05) is 13.7 Å². The third-order valence-corrected chi connectivity index (χ3v) is 4.87. The first-order valence-corrected chi connectivity index (χ1v) is 9.40. The number of nitrogens with zero attached hydrogens (tertiary/aromatic N) is 3. The van der Waals surface area contributed by atoms with Crippen LogP contribution in [0.15, 0.2) is 47.6 Å². The van der Waals surface area contributed by atoms with Crippen molar-refractivity contribution in [1.29, 1.82) is 0 Å². The van der Waals surface area contributed by atoms with E-state index in [-0.39, 0.29) is 5.91 Å². The number of imidazole rings is 1. The largest absolute Gasteiger partial charge is 0.493 e. The highest BCUT2D eigenvalue weighted by Crippen LogP contribution is 2.30. The predicted octanol–water partition coefficient (Wildman–Crippen LogP) is 3.82. The Kier molecular flexibility index (Phi) is 5.12. The molecule has 1 aromatic heterocycles. The Balaban J connectivity index is 1.58. The molecular formula is C22H21FN4O2. The summed E-state index contributed by atoms with van der Waals surface area (Å²) in [7, 11) is 1.77. The Hall–Kier alpha value is -3.48. The van der Waals surface area contributed by atoms with Crippen LogP contribution < -0.4 is 4.74 Å². The van der Waals surface area contributed by atoms with E-state index in [1.165, 1.54) is 0 Å². The molecule has 0 saturated carbocycles. The normalized spacial score (nSPS) is 12.1. The number of H-pyrrole nitrogens is 1. The van der Waals surface area contributed by atoms with E-state index in [0.717, 1.165) is 22.9 Å². The van der Waals surface area contributed by atoms with E-state index in [9.17, 15) is 9.18 Å². The molecule has 0 aliphatic carbocycles. The number of rotatable bonds is 6. The van der Waals surface area contributed by atoms with Crippen molar-refractivity contribution in [2.45, 2.75) is 20.0 Å². The van der Waals surface area contributed by atoms with Crippen molar-refractivity contribution < 1.29 is 13.9 Å². The minimum atomic E-state index is -0.526. The average Bonchev–Trinajstić information content (AvgIpc) is 3.37. The van der Waals surface area contributed by atoms with Gasteiger partial charge in [-0.3, -0.25) is 9.79 Å². The van der Waals surface area contributed by atoms with E-state index in [1.54, 1.807) is 30.1 Å². The van der Waals surface area contributed by atoms with E-state index in [2.05, 4.69) is 15.0 Å². The van der Waals surface area contributed by atoms with Gasteiger partial charge in [-0.05, 0) is 41.8 Å². The Labute approximate surface area is 168 Å². The molecule has 1 N–H and O–H groups in total. The van der Waals surface area contributed by atoms with Crippen LogP contribution in [0, 0.1) is 5.95 Å². The maximum Gasteiger partial charge on any atom is 0.254 e. The molecule has 148 valence electrons. The lowest BCUT2D eigenvalue weighted by Crippen LogP contribution is -2.26.